The van der Waals surface area contributed by atoms with Crippen molar-refractivity contribution in [2.45, 2.75) is 25.4 Å². The highest BCUT2D eigenvalue weighted by molar-refractivity contribution is 5.79. The van der Waals surface area contributed by atoms with Gasteiger partial charge < -0.3 is 16.3 Å². The van der Waals surface area contributed by atoms with Crippen molar-refractivity contribution < 1.29 is 18.4 Å². The normalized spacial score (nSPS) is 12.5. The van der Waals surface area contributed by atoms with Crippen LogP contribution in [0.15, 0.2) is 29.4 Å². The van der Waals surface area contributed by atoms with E-state index < -0.39 is 11.7 Å². The van der Waals surface area contributed by atoms with Crippen LogP contribution in [0.25, 0.3) is 0 Å². The zero-order chi connectivity index (χ0) is 14.3. The van der Waals surface area contributed by atoms with E-state index in [2.05, 4.69) is 10.5 Å². The zero-order valence-electron chi connectivity index (χ0n) is 10.2. The largest absolute Gasteiger partial charge is 0.416 e. The number of unbranched alkanes of at least 4 members (excludes halogenated alkanes) is 1. The molecule has 0 aliphatic heterocycles. The molecule has 0 aliphatic carbocycles. The Morgan fingerprint density at radius 1 is 1.21 bits per heavy atom. The number of alkyl halides is 3. The summed E-state index contributed by atoms with van der Waals surface area (Å²) in [5.41, 5.74) is 5.27. The smallest absolute Gasteiger partial charge is 0.409 e. The highest BCUT2D eigenvalue weighted by Crippen LogP contribution is 2.29. The molecule has 0 aliphatic rings. The number of halogens is 3. The molecule has 0 fully saturated rings. The fourth-order valence-corrected chi connectivity index (χ4v) is 1.49. The van der Waals surface area contributed by atoms with E-state index in [1.807, 2.05) is 0 Å². The summed E-state index contributed by atoms with van der Waals surface area (Å²) in [4.78, 5) is 0. The Labute approximate surface area is 109 Å². The maximum atomic E-state index is 12.3. The van der Waals surface area contributed by atoms with Crippen LogP contribution in [0.1, 0.15) is 24.8 Å². The van der Waals surface area contributed by atoms with Crippen LogP contribution in [-0.4, -0.2) is 17.6 Å². The molecule has 0 radical (unpaired) electrons. The fourth-order valence-electron chi connectivity index (χ4n) is 1.49. The zero-order valence-corrected chi connectivity index (χ0v) is 10.2. The fraction of sp³-hybridized carbons (Fsp3) is 0.417. The minimum atomic E-state index is -4.31. The second-order valence-electron chi connectivity index (χ2n) is 4.05. The van der Waals surface area contributed by atoms with E-state index in [-0.39, 0.29) is 5.84 Å². The summed E-state index contributed by atoms with van der Waals surface area (Å²) in [6.45, 7) is 0.615. The summed E-state index contributed by atoms with van der Waals surface area (Å²) >= 11 is 0. The average molecular weight is 275 g/mol. The first-order valence-corrected chi connectivity index (χ1v) is 5.81. The third-order valence-corrected chi connectivity index (χ3v) is 2.53. The van der Waals surface area contributed by atoms with Crippen LogP contribution < -0.4 is 11.1 Å². The molecule has 0 amide bonds. The van der Waals surface area contributed by atoms with Crippen LogP contribution in [-0.2, 0) is 6.18 Å². The third-order valence-electron chi connectivity index (χ3n) is 2.53. The van der Waals surface area contributed by atoms with Crippen LogP contribution >= 0.6 is 0 Å². The lowest BCUT2D eigenvalue weighted by molar-refractivity contribution is -0.137. The summed E-state index contributed by atoms with van der Waals surface area (Å²) in [6.07, 6.45) is -2.30. The van der Waals surface area contributed by atoms with Gasteiger partial charge >= 0.3 is 6.18 Å². The highest BCUT2D eigenvalue weighted by atomic mass is 19.4. The van der Waals surface area contributed by atoms with Crippen molar-refractivity contribution in [3.63, 3.8) is 0 Å². The lowest BCUT2D eigenvalue weighted by atomic mass is 10.2. The van der Waals surface area contributed by atoms with Crippen LogP contribution in [0.2, 0.25) is 0 Å². The Bertz CT molecular complexity index is 415. The van der Waals surface area contributed by atoms with E-state index in [1.165, 1.54) is 12.1 Å². The van der Waals surface area contributed by atoms with Gasteiger partial charge in [-0.25, -0.2) is 0 Å². The van der Waals surface area contributed by atoms with Gasteiger partial charge in [-0.1, -0.05) is 5.16 Å². The molecule has 0 heterocycles. The van der Waals surface area contributed by atoms with Gasteiger partial charge in [-0.3, -0.25) is 0 Å². The van der Waals surface area contributed by atoms with Crippen molar-refractivity contribution in [3.8, 4) is 0 Å². The molecule has 0 aromatic heterocycles. The molecule has 0 bridgehead atoms. The number of nitrogens with two attached hydrogens (primary N) is 1. The second kappa shape index (κ2) is 6.86. The number of oxime groups is 1. The first kappa shape index (κ1) is 15.1. The molecule has 0 unspecified atom stereocenters. The Morgan fingerprint density at radius 2 is 1.84 bits per heavy atom. The maximum Gasteiger partial charge on any atom is 0.416 e. The lowest BCUT2D eigenvalue weighted by Crippen LogP contribution is -2.12. The second-order valence-corrected chi connectivity index (χ2v) is 4.05. The van der Waals surface area contributed by atoms with Crippen LogP contribution in [0.3, 0.4) is 0 Å². The van der Waals surface area contributed by atoms with Gasteiger partial charge in [0.2, 0.25) is 0 Å². The number of nitrogens with zero attached hydrogens (tertiary/aromatic N) is 1. The van der Waals surface area contributed by atoms with Gasteiger partial charge in [-0.15, -0.1) is 0 Å². The molecule has 7 heteroatoms. The van der Waals surface area contributed by atoms with E-state index in [0.717, 1.165) is 25.0 Å². The molecule has 4 N–H and O–H groups in total. The molecule has 106 valence electrons. The summed E-state index contributed by atoms with van der Waals surface area (Å²) in [7, 11) is 0. The lowest BCUT2D eigenvalue weighted by Gasteiger charge is -2.09. The summed E-state index contributed by atoms with van der Waals surface area (Å²) in [6, 6.07) is 4.87. The van der Waals surface area contributed by atoms with Crippen LogP contribution in [0.4, 0.5) is 18.9 Å². The third kappa shape index (κ3) is 5.50. The molecular formula is C12H16F3N3O. The molecule has 0 saturated carbocycles. The molecule has 0 atom stereocenters. The number of rotatable bonds is 6. The van der Waals surface area contributed by atoms with Crippen molar-refractivity contribution in [2.75, 3.05) is 11.9 Å². The van der Waals surface area contributed by atoms with Crippen molar-refractivity contribution in [1.29, 1.82) is 0 Å². The summed E-state index contributed by atoms with van der Waals surface area (Å²) in [5.74, 6) is 0.175. The monoisotopic (exact) mass is 275 g/mol. The van der Waals surface area contributed by atoms with Gasteiger partial charge in [-0.2, -0.15) is 13.2 Å². The van der Waals surface area contributed by atoms with Gasteiger partial charge in [0.25, 0.3) is 0 Å². The van der Waals surface area contributed by atoms with Crippen molar-refractivity contribution >= 4 is 11.5 Å². The average Bonchev–Trinajstić information content (AvgIpc) is 2.37. The maximum absolute atomic E-state index is 12.3. The van der Waals surface area contributed by atoms with E-state index in [0.29, 0.717) is 18.7 Å². The van der Waals surface area contributed by atoms with Crippen molar-refractivity contribution in [2.24, 2.45) is 10.9 Å². The molecule has 0 spiro atoms. The van der Waals surface area contributed by atoms with Crippen molar-refractivity contribution in [1.82, 2.24) is 0 Å². The molecular weight excluding hydrogens is 259 g/mol. The molecule has 1 aromatic carbocycles. The Balaban J connectivity index is 2.31. The van der Waals surface area contributed by atoms with Crippen LogP contribution in [0.5, 0.6) is 0 Å². The van der Waals surface area contributed by atoms with Gasteiger partial charge in [-0.05, 0) is 37.1 Å². The number of hydrogen-bond acceptors (Lipinski definition) is 3. The highest BCUT2D eigenvalue weighted by Gasteiger charge is 2.29. The van der Waals surface area contributed by atoms with Crippen molar-refractivity contribution in [3.05, 3.63) is 29.8 Å². The molecule has 0 saturated heterocycles. The van der Waals surface area contributed by atoms with Gasteiger partial charge in [0.1, 0.15) is 5.84 Å². The number of benzene rings is 1. The van der Waals surface area contributed by atoms with Crippen LogP contribution in [0, 0.1) is 0 Å². The Morgan fingerprint density at radius 3 is 2.37 bits per heavy atom. The standard InChI is InChI=1S/C12H16F3N3O/c13-12(14,15)9-4-6-10(7-5-9)17-8-2-1-3-11(16)18-19/h4-7,17,19H,1-3,8H2,(H2,16,18). The first-order chi connectivity index (χ1) is 8.93. The SMILES string of the molecule is NC(CCCCNc1ccc(C(F)(F)F)cc1)=NO. The molecule has 19 heavy (non-hydrogen) atoms. The molecule has 1 aromatic rings. The summed E-state index contributed by atoms with van der Waals surface area (Å²) < 4.78 is 37.0. The minimum Gasteiger partial charge on any atom is -0.409 e. The minimum absolute atomic E-state index is 0.175. The first-order valence-electron chi connectivity index (χ1n) is 5.81. The van der Waals surface area contributed by atoms with E-state index in [4.69, 9.17) is 10.9 Å². The number of nitrogens with one attached hydrogen (secondary N) is 1. The number of amidine groups is 1. The van der Waals surface area contributed by atoms with E-state index in [1.54, 1.807) is 0 Å². The van der Waals surface area contributed by atoms with E-state index in [9.17, 15) is 13.2 Å². The quantitative estimate of drug-likeness (QED) is 0.246. The predicted octanol–water partition coefficient (Wildman–Crippen LogP) is 3.03. The van der Waals surface area contributed by atoms with Gasteiger partial charge in [0.15, 0.2) is 0 Å². The Kier molecular flexibility index (Phi) is 5.47. The number of anilines is 1. The molecule has 1 rings (SSSR count). The topological polar surface area (TPSA) is 70.6 Å². The van der Waals surface area contributed by atoms with Gasteiger partial charge in [0, 0.05) is 18.7 Å². The summed E-state index contributed by atoms with van der Waals surface area (Å²) in [5, 5.41) is 14.2. The predicted molar refractivity (Wildman–Crippen MR) is 67.2 cm³/mol. The molecule has 4 nitrogen and oxygen atoms in total. The van der Waals surface area contributed by atoms with E-state index >= 15 is 0 Å². The Hall–Kier alpha value is -1.92. The number of hydrogen-bond donors (Lipinski definition) is 3. The van der Waals surface area contributed by atoms with Gasteiger partial charge in [0.05, 0.1) is 5.56 Å².